The lowest BCUT2D eigenvalue weighted by atomic mass is 9.96. The zero-order valence-corrected chi connectivity index (χ0v) is 12.5. The summed E-state index contributed by atoms with van der Waals surface area (Å²) in [7, 11) is 0. The second-order valence-corrected chi connectivity index (χ2v) is 5.60. The summed E-state index contributed by atoms with van der Waals surface area (Å²) in [5, 5.41) is 29.3. The molecule has 0 saturated heterocycles. The molecule has 0 radical (unpaired) electrons. The van der Waals surface area contributed by atoms with E-state index in [1.807, 2.05) is 19.9 Å². The Kier molecular flexibility index (Phi) is 4.34. The van der Waals surface area contributed by atoms with Gasteiger partial charge in [0.2, 0.25) is 0 Å². The van der Waals surface area contributed by atoms with E-state index in [0.717, 1.165) is 10.9 Å². The van der Waals surface area contributed by atoms with Crippen molar-refractivity contribution in [2.75, 3.05) is 6.61 Å². The SMILES string of the molecule is CC(C)c1cc(C(=O)O)c2c(c1)c(C(C)O)cn2CCO. The van der Waals surface area contributed by atoms with Gasteiger partial charge in [-0.15, -0.1) is 0 Å². The molecule has 1 heterocycles. The smallest absolute Gasteiger partial charge is 0.337 e. The number of fused-ring (bicyclic) bond motifs is 1. The Hall–Kier alpha value is -1.85. The topological polar surface area (TPSA) is 82.7 Å². The van der Waals surface area contributed by atoms with Crippen molar-refractivity contribution in [1.82, 2.24) is 4.57 Å². The zero-order valence-electron chi connectivity index (χ0n) is 12.5. The number of carboxylic acid groups (broad SMARTS) is 1. The summed E-state index contributed by atoms with van der Waals surface area (Å²) >= 11 is 0. The molecule has 0 aliphatic carbocycles. The van der Waals surface area contributed by atoms with Gasteiger partial charge in [0, 0.05) is 23.7 Å². The Labute approximate surface area is 123 Å². The Morgan fingerprint density at radius 2 is 1.95 bits per heavy atom. The molecule has 0 fully saturated rings. The molecule has 1 unspecified atom stereocenters. The summed E-state index contributed by atoms with van der Waals surface area (Å²) in [6, 6.07) is 3.61. The first-order valence-electron chi connectivity index (χ1n) is 7.05. The highest BCUT2D eigenvalue weighted by molar-refractivity contribution is 6.04. The van der Waals surface area contributed by atoms with Gasteiger partial charge < -0.3 is 19.9 Å². The number of rotatable bonds is 5. The molecule has 0 aliphatic rings. The molecule has 5 heteroatoms. The zero-order chi connectivity index (χ0) is 15.7. The fraction of sp³-hybridized carbons (Fsp3) is 0.438. The van der Waals surface area contributed by atoms with Crippen LogP contribution in [0, 0.1) is 0 Å². The molecule has 0 amide bonds. The highest BCUT2D eigenvalue weighted by Crippen LogP contribution is 2.32. The van der Waals surface area contributed by atoms with Crippen LogP contribution >= 0.6 is 0 Å². The monoisotopic (exact) mass is 291 g/mol. The van der Waals surface area contributed by atoms with Crippen molar-refractivity contribution >= 4 is 16.9 Å². The first-order chi connectivity index (χ1) is 9.86. The standard InChI is InChI=1S/C16H21NO4/c1-9(2)11-6-12-14(10(3)19)8-17(4-5-18)15(12)13(7-11)16(20)21/h6-10,18-19H,4-5H2,1-3H3,(H,20,21). The Balaban J connectivity index is 2.86. The normalized spacial score (nSPS) is 13.0. The molecule has 0 spiro atoms. The third-order valence-corrected chi connectivity index (χ3v) is 3.71. The van der Waals surface area contributed by atoms with Crippen molar-refractivity contribution in [2.24, 2.45) is 0 Å². The Bertz CT molecular complexity index is 670. The maximum atomic E-state index is 11.6. The summed E-state index contributed by atoms with van der Waals surface area (Å²) in [4.78, 5) is 11.6. The van der Waals surface area contributed by atoms with Crippen LogP contribution in [0.3, 0.4) is 0 Å². The molecule has 1 atom stereocenters. The fourth-order valence-electron chi connectivity index (χ4n) is 2.60. The maximum absolute atomic E-state index is 11.6. The minimum absolute atomic E-state index is 0.0893. The third-order valence-electron chi connectivity index (χ3n) is 3.71. The van der Waals surface area contributed by atoms with Gasteiger partial charge in [0.25, 0.3) is 0 Å². The number of carboxylic acids is 1. The van der Waals surface area contributed by atoms with Crippen LogP contribution in [0.2, 0.25) is 0 Å². The number of aromatic nitrogens is 1. The summed E-state index contributed by atoms with van der Waals surface area (Å²) in [6.07, 6.45) is 1.03. The van der Waals surface area contributed by atoms with Gasteiger partial charge in [0.05, 0.1) is 23.8 Å². The van der Waals surface area contributed by atoms with Crippen LogP contribution in [-0.2, 0) is 6.54 Å². The number of aromatic carboxylic acids is 1. The van der Waals surface area contributed by atoms with E-state index in [4.69, 9.17) is 5.11 Å². The predicted octanol–water partition coefficient (Wildman–Crippen LogP) is 2.51. The molecule has 1 aromatic heterocycles. The van der Waals surface area contributed by atoms with Crippen molar-refractivity contribution in [3.8, 4) is 0 Å². The van der Waals surface area contributed by atoms with E-state index < -0.39 is 12.1 Å². The van der Waals surface area contributed by atoms with Crippen LogP contribution in [0.4, 0.5) is 0 Å². The van der Waals surface area contributed by atoms with E-state index in [-0.39, 0.29) is 18.1 Å². The quantitative estimate of drug-likeness (QED) is 0.790. The summed E-state index contributed by atoms with van der Waals surface area (Å²) in [6.45, 7) is 5.86. The molecule has 2 aromatic rings. The highest BCUT2D eigenvalue weighted by atomic mass is 16.4. The average Bonchev–Trinajstić information content (AvgIpc) is 2.77. The molecule has 0 saturated carbocycles. The molecular formula is C16H21NO4. The van der Waals surface area contributed by atoms with Crippen molar-refractivity contribution < 1.29 is 20.1 Å². The second kappa shape index (κ2) is 5.87. The number of aliphatic hydroxyl groups excluding tert-OH is 2. The summed E-state index contributed by atoms with van der Waals surface area (Å²) in [5.41, 5.74) is 2.36. The largest absolute Gasteiger partial charge is 0.478 e. The van der Waals surface area contributed by atoms with Crippen molar-refractivity contribution in [3.05, 3.63) is 35.0 Å². The van der Waals surface area contributed by atoms with E-state index in [9.17, 15) is 15.0 Å². The highest BCUT2D eigenvalue weighted by Gasteiger charge is 2.20. The molecule has 114 valence electrons. The van der Waals surface area contributed by atoms with Crippen LogP contribution < -0.4 is 0 Å². The number of nitrogens with zero attached hydrogens (tertiary/aromatic N) is 1. The molecule has 2 rings (SSSR count). The van der Waals surface area contributed by atoms with Gasteiger partial charge >= 0.3 is 5.97 Å². The van der Waals surface area contributed by atoms with Crippen LogP contribution in [0.1, 0.15) is 54.3 Å². The minimum Gasteiger partial charge on any atom is -0.478 e. The molecule has 21 heavy (non-hydrogen) atoms. The van der Waals surface area contributed by atoms with E-state index in [0.29, 0.717) is 17.6 Å². The van der Waals surface area contributed by atoms with Crippen LogP contribution in [0.5, 0.6) is 0 Å². The molecule has 3 N–H and O–H groups in total. The van der Waals surface area contributed by atoms with Gasteiger partial charge in [-0.3, -0.25) is 0 Å². The molecule has 0 aliphatic heterocycles. The van der Waals surface area contributed by atoms with E-state index in [1.54, 1.807) is 23.8 Å². The van der Waals surface area contributed by atoms with Gasteiger partial charge in [0.15, 0.2) is 0 Å². The van der Waals surface area contributed by atoms with Crippen LogP contribution in [0.25, 0.3) is 10.9 Å². The van der Waals surface area contributed by atoms with Crippen molar-refractivity contribution in [2.45, 2.75) is 39.3 Å². The van der Waals surface area contributed by atoms with E-state index >= 15 is 0 Å². The Morgan fingerprint density at radius 1 is 1.29 bits per heavy atom. The van der Waals surface area contributed by atoms with Gasteiger partial charge in [0.1, 0.15) is 0 Å². The van der Waals surface area contributed by atoms with Gasteiger partial charge in [-0.25, -0.2) is 4.79 Å². The Morgan fingerprint density at radius 3 is 2.43 bits per heavy atom. The first kappa shape index (κ1) is 15.5. The lowest BCUT2D eigenvalue weighted by molar-refractivity contribution is 0.0698. The average molecular weight is 291 g/mol. The molecule has 5 nitrogen and oxygen atoms in total. The van der Waals surface area contributed by atoms with Crippen LogP contribution in [-0.4, -0.2) is 32.5 Å². The number of carbonyl (C=O) groups is 1. The second-order valence-electron chi connectivity index (χ2n) is 5.60. The number of hydrogen-bond donors (Lipinski definition) is 3. The lowest BCUT2D eigenvalue weighted by Crippen LogP contribution is -2.06. The molecule has 0 bridgehead atoms. The van der Waals surface area contributed by atoms with Gasteiger partial charge in [-0.05, 0) is 30.5 Å². The maximum Gasteiger partial charge on any atom is 0.337 e. The number of aliphatic hydroxyl groups is 2. The molecular weight excluding hydrogens is 270 g/mol. The van der Waals surface area contributed by atoms with Crippen molar-refractivity contribution in [1.29, 1.82) is 0 Å². The van der Waals surface area contributed by atoms with E-state index in [2.05, 4.69) is 0 Å². The van der Waals surface area contributed by atoms with Crippen molar-refractivity contribution in [3.63, 3.8) is 0 Å². The predicted molar refractivity (Wildman–Crippen MR) is 80.7 cm³/mol. The lowest BCUT2D eigenvalue weighted by Gasteiger charge is -2.11. The number of benzene rings is 1. The van der Waals surface area contributed by atoms with Crippen LogP contribution in [0.15, 0.2) is 18.3 Å². The third kappa shape index (κ3) is 2.80. The summed E-state index contributed by atoms with van der Waals surface area (Å²) in [5.74, 6) is -0.813. The minimum atomic E-state index is -1.00. The first-order valence-corrected chi connectivity index (χ1v) is 7.05. The molecule has 1 aromatic carbocycles. The van der Waals surface area contributed by atoms with Gasteiger partial charge in [-0.1, -0.05) is 13.8 Å². The number of hydrogen-bond acceptors (Lipinski definition) is 3. The van der Waals surface area contributed by atoms with Gasteiger partial charge in [-0.2, -0.15) is 0 Å². The summed E-state index contributed by atoms with van der Waals surface area (Å²) < 4.78 is 1.70. The van der Waals surface area contributed by atoms with E-state index in [1.165, 1.54) is 0 Å². The fourth-order valence-corrected chi connectivity index (χ4v) is 2.60.